The number of amidine groups is 1. The number of ketones is 1. The second-order valence-electron chi connectivity index (χ2n) is 3.93. The molecule has 0 amide bonds. The summed E-state index contributed by atoms with van der Waals surface area (Å²) < 4.78 is 0. The summed E-state index contributed by atoms with van der Waals surface area (Å²) in [5.41, 5.74) is 5.19. The largest absolute Gasteiger partial charge is 0.387 e. The van der Waals surface area contributed by atoms with Crippen LogP contribution in [0.4, 0.5) is 0 Å². The highest BCUT2D eigenvalue weighted by Gasteiger charge is 2.26. The molecule has 0 aromatic rings. The Balaban J connectivity index is 2.88. The van der Waals surface area contributed by atoms with Crippen molar-refractivity contribution in [3.63, 3.8) is 0 Å². The third kappa shape index (κ3) is 2.89. The summed E-state index contributed by atoms with van der Waals surface area (Å²) in [6.07, 6.45) is 1.98. The number of nitrogens with one attached hydrogen (secondary N) is 1. The number of nitrogens with zero attached hydrogens (tertiary/aromatic N) is 1. The topological polar surface area (TPSA) is 67.5 Å². The summed E-state index contributed by atoms with van der Waals surface area (Å²) in [5.74, 6) is 1.09. The highest BCUT2D eigenvalue weighted by molar-refractivity contribution is 5.92. The third-order valence-electron chi connectivity index (χ3n) is 1.68. The smallest absolute Gasteiger partial charge is 0.161 e. The van der Waals surface area contributed by atoms with E-state index in [0.717, 1.165) is 0 Å². The van der Waals surface area contributed by atoms with Crippen LogP contribution in [0.1, 0.15) is 27.2 Å². The molecule has 72 valence electrons. The Bertz CT molecular complexity index is 285. The minimum absolute atomic E-state index is 0.0868. The van der Waals surface area contributed by atoms with Gasteiger partial charge in [0.1, 0.15) is 5.82 Å². The Kier molecular flexibility index (Phi) is 2.40. The Morgan fingerprint density at radius 3 is 2.77 bits per heavy atom. The molecule has 0 atom stereocenters. The first-order valence-electron chi connectivity index (χ1n) is 4.22. The minimum Gasteiger partial charge on any atom is -0.387 e. The summed E-state index contributed by atoms with van der Waals surface area (Å²) >= 11 is 0. The van der Waals surface area contributed by atoms with Gasteiger partial charge in [0, 0.05) is 18.0 Å². The molecular formula is C9H15N3O. The molecule has 0 fully saturated rings. The maximum Gasteiger partial charge on any atom is 0.161 e. The summed E-state index contributed by atoms with van der Waals surface area (Å²) in [7, 11) is 0. The fourth-order valence-corrected chi connectivity index (χ4v) is 1.32. The predicted molar refractivity (Wildman–Crippen MR) is 52.2 cm³/mol. The number of nitrogens with two attached hydrogens (primary N) is 1. The van der Waals surface area contributed by atoms with Gasteiger partial charge >= 0.3 is 0 Å². The Morgan fingerprint density at radius 2 is 2.31 bits per heavy atom. The van der Waals surface area contributed by atoms with Crippen LogP contribution in [0.2, 0.25) is 0 Å². The lowest BCUT2D eigenvalue weighted by Gasteiger charge is -2.29. The molecule has 0 aromatic carbocycles. The lowest BCUT2D eigenvalue weighted by molar-refractivity contribution is -0.116. The van der Waals surface area contributed by atoms with Gasteiger partial charge in [0.05, 0.1) is 5.84 Å². The molecule has 4 nitrogen and oxygen atoms in total. The number of carbonyl (C=O) groups excluding carboxylic acids is 1. The first-order valence-corrected chi connectivity index (χ1v) is 4.22. The molecule has 1 aliphatic rings. The van der Waals surface area contributed by atoms with Gasteiger partial charge in [0.15, 0.2) is 5.78 Å². The number of carbonyl (C=O) groups is 1. The van der Waals surface area contributed by atoms with Gasteiger partial charge < -0.3 is 11.1 Å². The molecule has 1 heterocycles. The van der Waals surface area contributed by atoms with Crippen molar-refractivity contribution in [3.05, 3.63) is 11.9 Å². The normalized spacial score (nSPS) is 22.2. The van der Waals surface area contributed by atoms with Crippen LogP contribution >= 0.6 is 0 Å². The lowest BCUT2D eigenvalue weighted by Crippen LogP contribution is -2.43. The molecule has 0 saturated heterocycles. The highest BCUT2D eigenvalue weighted by Crippen LogP contribution is 2.17. The van der Waals surface area contributed by atoms with Gasteiger partial charge in [-0.1, -0.05) is 0 Å². The van der Waals surface area contributed by atoms with Gasteiger partial charge in [-0.15, -0.1) is 0 Å². The zero-order valence-corrected chi connectivity index (χ0v) is 8.22. The van der Waals surface area contributed by atoms with Gasteiger partial charge in [0.25, 0.3) is 0 Å². The maximum absolute atomic E-state index is 11.2. The number of hydrogen-bond donors (Lipinski definition) is 2. The zero-order chi connectivity index (χ0) is 10.1. The van der Waals surface area contributed by atoms with E-state index in [1.165, 1.54) is 6.08 Å². The van der Waals surface area contributed by atoms with Gasteiger partial charge in [0.2, 0.25) is 0 Å². The molecule has 3 N–H and O–H groups in total. The third-order valence-corrected chi connectivity index (χ3v) is 1.68. The zero-order valence-electron chi connectivity index (χ0n) is 8.22. The highest BCUT2D eigenvalue weighted by atomic mass is 16.1. The fourth-order valence-electron chi connectivity index (χ4n) is 1.32. The molecule has 0 bridgehead atoms. The van der Waals surface area contributed by atoms with Gasteiger partial charge in [-0.25, -0.2) is 4.99 Å². The second-order valence-corrected chi connectivity index (χ2v) is 3.93. The van der Waals surface area contributed by atoms with E-state index >= 15 is 0 Å². The van der Waals surface area contributed by atoms with Gasteiger partial charge in [-0.05, 0) is 20.8 Å². The summed E-state index contributed by atoms with van der Waals surface area (Å²) in [6.45, 7) is 5.60. The van der Waals surface area contributed by atoms with Crippen LogP contribution in [0.15, 0.2) is 16.9 Å². The first kappa shape index (κ1) is 9.77. The van der Waals surface area contributed by atoms with Crippen molar-refractivity contribution in [1.29, 1.82) is 0 Å². The van der Waals surface area contributed by atoms with Crippen LogP contribution < -0.4 is 11.1 Å². The number of rotatable bonds is 1. The van der Waals surface area contributed by atoms with E-state index in [1.54, 1.807) is 6.92 Å². The van der Waals surface area contributed by atoms with Crippen LogP contribution in [0, 0.1) is 0 Å². The number of hydrogen-bond acceptors (Lipinski definition) is 3. The van der Waals surface area contributed by atoms with Crippen molar-refractivity contribution in [3.8, 4) is 0 Å². The number of aliphatic imine (C=N–C) groups is 1. The monoisotopic (exact) mass is 181 g/mol. The van der Waals surface area contributed by atoms with Crippen molar-refractivity contribution in [1.82, 2.24) is 5.32 Å². The van der Waals surface area contributed by atoms with Crippen LogP contribution in [-0.4, -0.2) is 17.2 Å². The summed E-state index contributed by atoms with van der Waals surface area (Å²) in [4.78, 5) is 15.3. The molecule has 0 aliphatic carbocycles. The molecule has 0 aromatic heterocycles. The van der Waals surface area contributed by atoms with E-state index in [1.807, 2.05) is 13.8 Å². The van der Waals surface area contributed by atoms with Crippen molar-refractivity contribution in [2.24, 2.45) is 10.7 Å². The van der Waals surface area contributed by atoms with Gasteiger partial charge in [-0.2, -0.15) is 0 Å². The second kappa shape index (κ2) is 3.20. The Hall–Kier alpha value is -1.32. The molecule has 1 aliphatic heterocycles. The Labute approximate surface area is 77.9 Å². The van der Waals surface area contributed by atoms with E-state index in [4.69, 9.17) is 5.73 Å². The van der Waals surface area contributed by atoms with Crippen LogP contribution in [0.5, 0.6) is 0 Å². The number of allylic oxidation sites excluding steroid dienone is 1. The molecule has 4 heteroatoms. The van der Waals surface area contributed by atoms with Crippen molar-refractivity contribution < 1.29 is 4.79 Å². The van der Waals surface area contributed by atoms with Crippen LogP contribution in [0.25, 0.3) is 0 Å². The molecule has 0 unspecified atom stereocenters. The summed E-state index contributed by atoms with van der Waals surface area (Å²) in [5, 5.41) is 3.13. The van der Waals surface area contributed by atoms with Gasteiger partial charge in [-0.3, -0.25) is 4.79 Å². The molecule has 0 radical (unpaired) electrons. The van der Waals surface area contributed by atoms with Crippen molar-refractivity contribution in [2.45, 2.75) is 32.7 Å². The molecule has 1 rings (SSSR count). The summed E-state index contributed by atoms with van der Waals surface area (Å²) in [6, 6.07) is 0. The van der Waals surface area contributed by atoms with E-state index in [0.29, 0.717) is 18.1 Å². The lowest BCUT2D eigenvalue weighted by atomic mass is 9.95. The van der Waals surface area contributed by atoms with Crippen molar-refractivity contribution in [2.75, 3.05) is 0 Å². The van der Waals surface area contributed by atoms with Crippen molar-refractivity contribution >= 4 is 11.6 Å². The average Bonchev–Trinajstić information content (AvgIpc) is 1.78. The minimum atomic E-state index is -0.222. The quantitative estimate of drug-likeness (QED) is 0.458. The standard InChI is InChI=1S/C9H15N3O/c1-6(10)11-8-4-7(13)5-9(2,3)12-8/h4,12H,5H2,1-3H3,(H2,10,11). The first-order chi connectivity index (χ1) is 5.89. The fraction of sp³-hybridized carbons (Fsp3) is 0.556. The van der Waals surface area contributed by atoms with Crippen LogP contribution in [0.3, 0.4) is 0 Å². The van der Waals surface area contributed by atoms with E-state index in [2.05, 4.69) is 10.3 Å². The average molecular weight is 181 g/mol. The molecular weight excluding hydrogens is 166 g/mol. The van der Waals surface area contributed by atoms with E-state index in [-0.39, 0.29) is 11.3 Å². The predicted octanol–water partition coefficient (Wildman–Crippen LogP) is 0.546. The van der Waals surface area contributed by atoms with Crippen LogP contribution in [-0.2, 0) is 4.79 Å². The Morgan fingerprint density at radius 1 is 1.69 bits per heavy atom. The molecule has 0 saturated carbocycles. The molecule has 0 spiro atoms. The SMILES string of the molecule is CC(N)=NC1=CC(=O)CC(C)(C)N1. The van der Waals surface area contributed by atoms with E-state index < -0.39 is 0 Å². The molecule has 13 heavy (non-hydrogen) atoms. The van der Waals surface area contributed by atoms with E-state index in [9.17, 15) is 4.79 Å². The maximum atomic E-state index is 11.2.